The highest BCUT2D eigenvalue weighted by Crippen LogP contribution is 2.43. The first kappa shape index (κ1) is 33.8. The standard InChI is InChI=1S/C39H45Cl2N7O/c1-45-16-3-6-28-24-31(49-2)27-38(39(28)45)48(37-12-15-44-36-26-30(41)8-10-33(36)37)19-5-18-47-22-20-46(21-23-47)17-4-13-42-34-11-14-43-35-25-29(40)7-9-32(34)35/h3,6,8-10,12,14-15,24-27,35H,4-5,7,11,13,16-23H2,1-2H3. The van der Waals surface area contributed by atoms with Crippen LogP contribution in [0.3, 0.4) is 0 Å². The molecule has 7 rings (SSSR count). The smallest absolute Gasteiger partial charge is 0.121 e. The minimum absolute atomic E-state index is 0.0522. The molecule has 8 nitrogen and oxygen atoms in total. The van der Waals surface area contributed by atoms with Crippen LogP contribution in [0.4, 0.5) is 17.1 Å². The van der Waals surface area contributed by atoms with Gasteiger partial charge in [-0.05, 0) is 67.9 Å². The van der Waals surface area contributed by atoms with Crippen LogP contribution in [0.2, 0.25) is 5.02 Å². The quantitative estimate of drug-likeness (QED) is 0.192. The number of hydrogen-bond donors (Lipinski definition) is 0. The van der Waals surface area contributed by atoms with Gasteiger partial charge in [-0.1, -0.05) is 41.4 Å². The predicted molar refractivity (Wildman–Crippen MR) is 207 cm³/mol. The number of pyridine rings is 1. The van der Waals surface area contributed by atoms with Crippen LogP contribution in [0, 0.1) is 0 Å². The second-order valence-electron chi connectivity index (χ2n) is 13.2. The van der Waals surface area contributed by atoms with Gasteiger partial charge in [-0.2, -0.15) is 0 Å². The van der Waals surface area contributed by atoms with Gasteiger partial charge in [0.05, 0.1) is 35.7 Å². The predicted octanol–water partition coefficient (Wildman–Crippen LogP) is 7.63. The van der Waals surface area contributed by atoms with Crippen molar-refractivity contribution in [3.8, 4) is 5.75 Å². The summed E-state index contributed by atoms with van der Waals surface area (Å²) >= 11 is 12.6. The fourth-order valence-corrected chi connectivity index (χ4v) is 7.78. The molecule has 0 saturated carbocycles. The Morgan fingerprint density at radius 1 is 0.980 bits per heavy atom. The number of allylic oxidation sites excluding steroid dienone is 2. The van der Waals surface area contributed by atoms with Crippen LogP contribution in [0.25, 0.3) is 17.0 Å². The summed E-state index contributed by atoms with van der Waals surface area (Å²) in [5, 5.41) is 2.65. The second kappa shape index (κ2) is 15.5. The Morgan fingerprint density at radius 2 is 1.80 bits per heavy atom. The zero-order chi connectivity index (χ0) is 33.7. The van der Waals surface area contributed by atoms with E-state index in [9.17, 15) is 0 Å². The van der Waals surface area contributed by atoms with Crippen LogP contribution < -0.4 is 14.5 Å². The first-order chi connectivity index (χ1) is 24.0. The van der Waals surface area contributed by atoms with Gasteiger partial charge < -0.3 is 24.3 Å². The number of hydrogen-bond acceptors (Lipinski definition) is 8. The molecule has 0 spiro atoms. The number of likely N-dealkylation sites (N-methyl/N-ethyl adjacent to an activating group) is 1. The van der Waals surface area contributed by atoms with E-state index in [2.05, 4.69) is 85.2 Å². The van der Waals surface area contributed by atoms with Gasteiger partial charge in [0.25, 0.3) is 0 Å². The Kier molecular flexibility index (Phi) is 10.7. The third kappa shape index (κ3) is 7.73. The third-order valence-corrected chi connectivity index (χ3v) is 10.5. The summed E-state index contributed by atoms with van der Waals surface area (Å²) in [6.07, 6.45) is 16.3. The number of nitrogens with zero attached hydrogens (tertiary/aromatic N) is 7. The van der Waals surface area contributed by atoms with Crippen molar-refractivity contribution in [2.75, 3.05) is 82.9 Å². The van der Waals surface area contributed by atoms with E-state index in [1.165, 1.54) is 22.5 Å². The summed E-state index contributed by atoms with van der Waals surface area (Å²) in [5.41, 5.74) is 7.98. The summed E-state index contributed by atoms with van der Waals surface area (Å²) in [6.45, 7) is 9.09. The summed E-state index contributed by atoms with van der Waals surface area (Å²) in [6, 6.07) is 12.5. The highest BCUT2D eigenvalue weighted by Gasteiger charge is 2.25. The Labute approximate surface area is 300 Å². The van der Waals surface area contributed by atoms with E-state index in [0.717, 1.165) is 118 Å². The lowest BCUT2D eigenvalue weighted by Crippen LogP contribution is -2.47. The summed E-state index contributed by atoms with van der Waals surface area (Å²) in [4.78, 5) is 24.2. The van der Waals surface area contributed by atoms with Crippen molar-refractivity contribution < 1.29 is 4.74 Å². The number of aliphatic imine (C=N–C) groups is 2. The van der Waals surface area contributed by atoms with Crippen LogP contribution in [0.5, 0.6) is 5.75 Å². The molecule has 1 aromatic heterocycles. The van der Waals surface area contributed by atoms with E-state index < -0.39 is 0 Å². The van der Waals surface area contributed by atoms with Crippen molar-refractivity contribution in [3.05, 3.63) is 82.0 Å². The summed E-state index contributed by atoms with van der Waals surface area (Å²) in [7, 11) is 3.91. The number of ether oxygens (including phenoxy) is 1. The molecule has 1 aliphatic carbocycles. The Hall–Kier alpha value is -3.69. The molecule has 49 heavy (non-hydrogen) atoms. The topological polar surface area (TPSA) is 59.8 Å². The van der Waals surface area contributed by atoms with E-state index in [1.807, 2.05) is 24.5 Å². The maximum absolute atomic E-state index is 6.38. The van der Waals surface area contributed by atoms with E-state index in [0.29, 0.717) is 5.02 Å². The molecule has 0 N–H and O–H groups in total. The van der Waals surface area contributed by atoms with Crippen LogP contribution in [-0.4, -0.2) is 106 Å². The molecule has 1 atom stereocenters. The molecule has 1 fully saturated rings. The molecular weight excluding hydrogens is 653 g/mol. The Bertz CT molecular complexity index is 1830. The first-order valence-corrected chi connectivity index (χ1v) is 18.2. The summed E-state index contributed by atoms with van der Waals surface area (Å²) < 4.78 is 5.80. The highest BCUT2D eigenvalue weighted by atomic mass is 35.5. The van der Waals surface area contributed by atoms with Gasteiger partial charge in [0.1, 0.15) is 5.75 Å². The van der Waals surface area contributed by atoms with Crippen molar-refractivity contribution in [1.29, 1.82) is 0 Å². The number of fused-ring (bicyclic) bond motifs is 3. The van der Waals surface area contributed by atoms with Crippen molar-refractivity contribution in [3.63, 3.8) is 0 Å². The van der Waals surface area contributed by atoms with Crippen molar-refractivity contribution in [2.45, 2.75) is 31.7 Å². The van der Waals surface area contributed by atoms with Crippen molar-refractivity contribution in [1.82, 2.24) is 14.8 Å². The minimum atomic E-state index is 0.0522. The molecule has 256 valence electrons. The maximum Gasteiger partial charge on any atom is 0.121 e. The van der Waals surface area contributed by atoms with E-state index in [-0.39, 0.29) is 6.04 Å². The minimum Gasteiger partial charge on any atom is -0.497 e. The van der Waals surface area contributed by atoms with Gasteiger partial charge >= 0.3 is 0 Å². The monoisotopic (exact) mass is 697 g/mol. The molecule has 2 aromatic carbocycles. The molecule has 10 heteroatoms. The lowest BCUT2D eigenvalue weighted by Gasteiger charge is -2.36. The Balaban J connectivity index is 0.985. The number of benzene rings is 2. The average molecular weight is 699 g/mol. The highest BCUT2D eigenvalue weighted by molar-refractivity contribution is 6.31. The fourth-order valence-electron chi connectivity index (χ4n) is 7.42. The van der Waals surface area contributed by atoms with E-state index >= 15 is 0 Å². The largest absolute Gasteiger partial charge is 0.497 e. The molecule has 0 bridgehead atoms. The van der Waals surface area contributed by atoms with Gasteiger partial charge in [0, 0.05) is 111 Å². The number of aromatic nitrogens is 1. The average Bonchev–Trinajstić information content (AvgIpc) is 3.11. The third-order valence-electron chi connectivity index (χ3n) is 9.96. The van der Waals surface area contributed by atoms with E-state index in [4.69, 9.17) is 32.9 Å². The normalized spacial score (nSPS) is 20.3. The van der Waals surface area contributed by atoms with Gasteiger partial charge in [0.15, 0.2) is 0 Å². The zero-order valence-electron chi connectivity index (χ0n) is 28.5. The molecule has 0 radical (unpaired) electrons. The first-order valence-electron chi connectivity index (χ1n) is 17.4. The molecule has 4 heterocycles. The van der Waals surface area contributed by atoms with Crippen molar-refractivity contribution in [2.24, 2.45) is 9.98 Å². The molecule has 1 saturated heterocycles. The number of halogens is 2. The molecule has 3 aliphatic heterocycles. The van der Waals surface area contributed by atoms with E-state index in [1.54, 1.807) is 7.11 Å². The number of anilines is 3. The van der Waals surface area contributed by atoms with Gasteiger partial charge in [0.2, 0.25) is 0 Å². The van der Waals surface area contributed by atoms with Gasteiger partial charge in [-0.25, -0.2) is 0 Å². The molecule has 0 amide bonds. The lowest BCUT2D eigenvalue weighted by molar-refractivity contribution is 0.131. The molecule has 3 aromatic rings. The van der Waals surface area contributed by atoms with Gasteiger partial charge in [-0.3, -0.25) is 15.0 Å². The summed E-state index contributed by atoms with van der Waals surface area (Å²) in [5.74, 6) is 0.854. The molecule has 4 aliphatic rings. The van der Waals surface area contributed by atoms with Crippen LogP contribution in [0.15, 0.2) is 81.4 Å². The number of methoxy groups -OCH3 is 1. The number of piperazine rings is 1. The van der Waals surface area contributed by atoms with Crippen molar-refractivity contribution >= 4 is 69.2 Å². The molecule has 1 unspecified atom stereocenters. The zero-order valence-corrected chi connectivity index (χ0v) is 30.0. The fraction of sp³-hybridized carbons (Fsp3) is 0.410. The van der Waals surface area contributed by atoms with Gasteiger partial charge in [-0.15, -0.1) is 0 Å². The SMILES string of the molecule is COc1cc2c(c(N(CCCN3CCN(CCCN=C4CC=NC5C=C(Cl)CC=C45)CC3)c3ccnc4cc(Cl)ccc34)c1)N(C)CC=C2. The van der Waals surface area contributed by atoms with Crippen LogP contribution in [-0.2, 0) is 0 Å². The second-order valence-corrected chi connectivity index (χ2v) is 14.1. The van der Waals surface area contributed by atoms with Crippen LogP contribution in [0.1, 0.15) is 31.2 Å². The molecular formula is C39H45Cl2N7O. The lowest BCUT2D eigenvalue weighted by atomic mass is 9.92. The van der Waals surface area contributed by atoms with Crippen LogP contribution >= 0.6 is 23.2 Å². The maximum atomic E-state index is 6.38. The Morgan fingerprint density at radius 3 is 2.61 bits per heavy atom. The number of rotatable bonds is 11.